The lowest BCUT2D eigenvalue weighted by Gasteiger charge is -2.15. The molecule has 0 radical (unpaired) electrons. The van der Waals surface area contributed by atoms with Crippen LogP contribution in [0.4, 0.5) is 14.5 Å². The first kappa shape index (κ1) is 24.0. The molecule has 2 aromatic carbocycles. The minimum absolute atomic E-state index is 0.00981. The van der Waals surface area contributed by atoms with E-state index in [9.17, 15) is 23.5 Å². The molecular formula is C25H25F2N3O3. The van der Waals surface area contributed by atoms with Crippen LogP contribution in [-0.4, -0.2) is 27.9 Å². The van der Waals surface area contributed by atoms with Gasteiger partial charge in [-0.25, -0.2) is 8.78 Å². The monoisotopic (exact) mass is 453 g/mol. The molecule has 0 aliphatic carbocycles. The first-order valence-corrected chi connectivity index (χ1v) is 10.4. The van der Waals surface area contributed by atoms with Crippen molar-refractivity contribution in [3.05, 3.63) is 82.7 Å². The highest BCUT2D eigenvalue weighted by molar-refractivity contribution is 5.97. The van der Waals surface area contributed by atoms with Gasteiger partial charge in [-0.15, -0.1) is 0 Å². The summed E-state index contributed by atoms with van der Waals surface area (Å²) in [6.07, 6.45) is -0.0665. The Morgan fingerprint density at radius 2 is 1.67 bits per heavy atom. The number of amides is 2. The zero-order valence-corrected chi connectivity index (χ0v) is 18.7. The summed E-state index contributed by atoms with van der Waals surface area (Å²) in [5.41, 5.74) is 3.64. The number of hydrogen-bond acceptors (Lipinski definition) is 4. The molecule has 3 N–H and O–H groups in total. The number of aromatic nitrogens is 1. The molecule has 1 heterocycles. The van der Waals surface area contributed by atoms with Gasteiger partial charge in [-0.3, -0.25) is 14.6 Å². The van der Waals surface area contributed by atoms with Gasteiger partial charge in [0, 0.05) is 29.6 Å². The molecule has 3 aromatic rings. The molecule has 1 unspecified atom stereocenters. The lowest BCUT2D eigenvalue weighted by atomic mass is 9.99. The Morgan fingerprint density at radius 1 is 1.00 bits per heavy atom. The first-order valence-electron chi connectivity index (χ1n) is 10.4. The van der Waals surface area contributed by atoms with Crippen molar-refractivity contribution in [2.45, 2.75) is 39.8 Å². The number of benzene rings is 2. The molecule has 172 valence electrons. The molecule has 8 heteroatoms. The summed E-state index contributed by atoms with van der Waals surface area (Å²) in [6.45, 7) is 7.35. The van der Waals surface area contributed by atoms with Crippen molar-refractivity contribution in [3.8, 4) is 11.1 Å². The Kier molecular flexibility index (Phi) is 7.18. The van der Waals surface area contributed by atoms with Crippen molar-refractivity contribution in [3.63, 3.8) is 0 Å². The van der Waals surface area contributed by atoms with Crippen molar-refractivity contribution in [2.75, 3.05) is 5.32 Å². The van der Waals surface area contributed by atoms with Crippen LogP contribution in [0.15, 0.2) is 48.7 Å². The van der Waals surface area contributed by atoms with E-state index in [1.54, 1.807) is 37.4 Å². The van der Waals surface area contributed by atoms with E-state index in [0.717, 1.165) is 28.8 Å². The van der Waals surface area contributed by atoms with E-state index in [1.165, 1.54) is 0 Å². The third-order valence-electron chi connectivity index (χ3n) is 5.01. The number of carbonyl (C=O) groups is 2. The summed E-state index contributed by atoms with van der Waals surface area (Å²) < 4.78 is 26.8. The fourth-order valence-corrected chi connectivity index (χ4v) is 3.41. The van der Waals surface area contributed by atoms with E-state index in [2.05, 4.69) is 15.6 Å². The summed E-state index contributed by atoms with van der Waals surface area (Å²) in [4.78, 5) is 29.2. The fourth-order valence-electron chi connectivity index (χ4n) is 3.41. The molecule has 33 heavy (non-hydrogen) atoms. The van der Waals surface area contributed by atoms with Crippen LogP contribution in [0, 0.1) is 25.5 Å². The van der Waals surface area contributed by atoms with Crippen LogP contribution >= 0.6 is 0 Å². The molecule has 0 spiro atoms. The molecule has 0 bridgehead atoms. The molecule has 0 saturated carbocycles. The molecule has 1 aromatic heterocycles. The number of rotatable bonds is 6. The van der Waals surface area contributed by atoms with E-state index in [-0.39, 0.29) is 17.5 Å². The molecule has 2 amide bonds. The van der Waals surface area contributed by atoms with Gasteiger partial charge in [0.25, 0.3) is 11.8 Å². The molecule has 0 saturated heterocycles. The van der Waals surface area contributed by atoms with Crippen molar-refractivity contribution < 1.29 is 23.5 Å². The Bertz CT molecular complexity index is 1190. The number of nitrogens with one attached hydrogen (secondary N) is 2. The van der Waals surface area contributed by atoms with Crippen molar-refractivity contribution in [2.24, 2.45) is 0 Å². The highest BCUT2D eigenvalue weighted by atomic mass is 19.1. The lowest BCUT2D eigenvalue weighted by Crippen LogP contribution is -2.30. The maximum absolute atomic E-state index is 13.4. The van der Waals surface area contributed by atoms with E-state index < -0.39 is 23.6 Å². The van der Waals surface area contributed by atoms with E-state index in [1.807, 2.05) is 20.8 Å². The maximum Gasteiger partial charge on any atom is 0.257 e. The van der Waals surface area contributed by atoms with Crippen LogP contribution in [0.3, 0.4) is 0 Å². The summed E-state index contributed by atoms with van der Waals surface area (Å²) >= 11 is 0. The minimum Gasteiger partial charge on any atom is -0.378 e. The first-order chi connectivity index (χ1) is 15.5. The Labute approximate surface area is 190 Å². The molecule has 0 aliphatic heterocycles. The number of aliphatic hydroxyl groups is 1. The van der Waals surface area contributed by atoms with Crippen LogP contribution in [0.5, 0.6) is 0 Å². The smallest absolute Gasteiger partial charge is 0.257 e. The number of nitrogens with zero attached hydrogens (tertiary/aromatic N) is 1. The highest BCUT2D eigenvalue weighted by Crippen LogP contribution is 2.28. The van der Waals surface area contributed by atoms with Crippen LogP contribution in [0.1, 0.15) is 47.1 Å². The second kappa shape index (κ2) is 9.87. The third kappa shape index (κ3) is 5.78. The fraction of sp³-hybridized carbons (Fsp3) is 0.240. The largest absolute Gasteiger partial charge is 0.378 e. The number of hydrogen-bond donors (Lipinski definition) is 3. The average molecular weight is 453 g/mol. The zero-order chi connectivity index (χ0) is 24.3. The normalized spacial score (nSPS) is 11.9. The van der Waals surface area contributed by atoms with Crippen molar-refractivity contribution in [1.29, 1.82) is 0 Å². The van der Waals surface area contributed by atoms with Crippen molar-refractivity contribution in [1.82, 2.24) is 10.3 Å². The molecule has 0 aliphatic rings. The average Bonchev–Trinajstić information content (AvgIpc) is 2.72. The summed E-state index contributed by atoms with van der Waals surface area (Å²) in [5.74, 6) is -2.80. The van der Waals surface area contributed by atoms with Gasteiger partial charge in [0.05, 0.1) is 11.3 Å². The van der Waals surface area contributed by atoms with Crippen molar-refractivity contribution >= 4 is 17.5 Å². The number of carbonyl (C=O) groups excluding carboxylic acids is 2. The standard InChI is InChI=1S/C25H25F2N3O3/c1-13(2)29-24(32)22-10-17(12-28-15(22)4)21-6-5-20(7-14(21)3)30-25(33)23(31)16-8-18(26)11-19(27)9-16/h5-13,23,31H,1-4H3,(H,29,32)(H,30,33). The van der Waals surface area contributed by atoms with E-state index in [0.29, 0.717) is 23.0 Å². The predicted molar refractivity (Wildman–Crippen MR) is 122 cm³/mol. The van der Waals surface area contributed by atoms with Crippen LogP contribution < -0.4 is 10.6 Å². The van der Waals surface area contributed by atoms with Gasteiger partial charge >= 0.3 is 0 Å². The number of halogens is 2. The summed E-state index contributed by atoms with van der Waals surface area (Å²) in [7, 11) is 0. The SMILES string of the molecule is Cc1cc(NC(=O)C(O)c2cc(F)cc(F)c2)ccc1-c1cnc(C)c(C(=O)NC(C)C)c1. The molecule has 3 rings (SSSR count). The van der Waals surface area contributed by atoms with Gasteiger partial charge in [-0.05, 0) is 74.7 Å². The van der Waals surface area contributed by atoms with Gasteiger partial charge < -0.3 is 15.7 Å². The summed E-state index contributed by atoms with van der Waals surface area (Å²) in [6, 6.07) is 9.31. The minimum atomic E-state index is -1.74. The number of aryl methyl sites for hydroxylation is 2. The van der Waals surface area contributed by atoms with Gasteiger partial charge in [0.15, 0.2) is 6.10 Å². The second-order valence-electron chi connectivity index (χ2n) is 8.11. The van der Waals surface area contributed by atoms with Crippen LogP contribution in [0.2, 0.25) is 0 Å². The highest BCUT2D eigenvalue weighted by Gasteiger charge is 2.20. The van der Waals surface area contributed by atoms with Gasteiger partial charge in [0.1, 0.15) is 11.6 Å². The quantitative estimate of drug-likeness (QED) is 0.514. The Balaban J connectivity index is 1.81. The molecule has 1 atom stereocenters. The third-order valence-corrected chi connectivity index (χ3v) is 5.01. The van der Waals surface area contributed by atoms with E-state index in [4.69, 9.17) is 0 Å². The Hall–Kier alpha value is -3.65. The van der Waals surface area contributed by atoms with Gasteiger partial charge in [0.2, 0.25) is 0 Å². The van der Waals surface area contributed by atoms with Crippen LogP contribution in [0.25, 0.3) is 11.1 Å². The Morgan fingerprint density at radius 3 is 2.27 bits per heavy atom. The zero-order valence-electron chi connectivity index (χ0n) is 18.7. The number of aliphatic hydroxyl groups excluding tert-OH is 1. The molecule has 0 fully saturated rings. The maximum atomic E-state index is 13.4. The topological polar surface area (TPSA) is 91.3 Å². The predicted octanol–water partition coefficient (Wildman–Crippen LogP) is 4.45. The van der Waals surface area contributed by atoms with Crippen LogP contribution in [-0.2, 0) is 4.79 Å². The van der Waals surface area contributed by atoms with Gasteiger partial charge in [-0.2, -0.15) is 0 Å². The second-order valence-corrected chi connectivity index (χ2v) is 8.11. The number of anilines is 1. The lowest BCUT2D eigenvalue weighted by molar-refractivity contribution is -0.124. The van der Waals surface area contributed by atoms with Gasteiger partial charge in [-0.1, -0.05) is 6.07 Å². The molecular weight excluding hydrogens is 428 g/mol. The van der Waals surface area contributed by atoms with E-state index >= 15 is 0 Å². The molecule has 6 nitrogen and oxygen atoms in total. The number of pyridine rings is 1. The summed E-state index contributed by atoms with van der Waals surface area (Å²) in [5, 5.41) is 15.6.